The highest BCUT2D eigenvalue weighted by atomic mass is 35.5. The van der Waals surface area contributed by atoms with E-state index in [9.17, 15) is 4.79 Å². The topological polar surface area (TPSA) is 58.4 Å². The number of hydrogen-bond donors (Lipinski definition) is 2. The summed E-state index contributed by atoms with van der Waals surface area (Å²) in [6, 6.07) is 4.82. The van der Waals surface area contributed by atoms with Gasteiger partial charge < -0.3 is 15.0 Å². The van der Waals surface area contributed by atoms with E-state index in [1.807, 2.05) is 6.07 Å². The van der Waals surface area contributed by atoms with Gasteiger partial charge in [-0.1, -0.05) is 11.6 Å². The van der Waals surface area contributed by atoms with Gasteiger partial charge in [0.05, 0.1) is 10.5 Å². The predicted molar refractivity (Wildman–Crippen MR) is 76.0 cm³/mol. The fourth-order valence-electron chi connectivity index (χ4n) is 3.33. The standard InChI is InChI=1S/C14H15ClN4O/c15-8-3-10-5-13(16-7-19(10)6-8)14(20)18-12-4-9-1-2-11(12)17-9/h3,5-7,9,11-12,17H,1-2,4H2,(H,18,20)/t9-,11+,12-/m1/s1. The molecule has 4 rings (SSSR count). The molecule has 0 radical (unpaired) electrons. The summed E-state index contributed by atoms with van der Waals surface area (Å²) in [5.74, 6) is -0.107. The van der Waals surface area contributed by atoms with Crippen molar-refractivity contribution in [3.63, 3.8) is 0 Å². The van der Waals surface area contributed by atoms with Crippen LogP contribution >= 0.6 is 11.6 Å². The third kappa shape index (κ3) is 1.98. The molecule has 2 N–H and O–H groups in total. The average Bonchev–Trinajstić information content (AvgIpc) is 3.10. The van der Waals surface area contributed by atoms with Crippen LogP contribution in [-0.4, -0.2) is 33.4 Å². The Morgan fingerprint density at radius 2 is 2.35 bits per heavy atom. The summed E-state index contributed by atoms with van der Waals surface area (Å²) in [6.07, 6.45) is 6.79. The van der Waals surface area contributed by atoms with E-state index in [1.54, 1.807) is 23.0 Å². The first kappa shape index (κ1) is 12.2. The molecule has 0 unspecified atom stereocenters. The average molecular weight is 291 g/mol. The number of nitrogens with zero attached hydrogens (tertiary/aromatic N) is 2. The second kappa shape index (κ2) is 4.46. The highest BCUT2D eigenvalue weighted by Gasteiger charge is 2.39. The van der Waals surface area contributed by atoms with Gasteiger partial charge in [-0.15, -0.1) is 0 Å². The van der Waals surface area contributed by atoms with Gasteiger partial charge in [-0.3, -0.25) is 4.79 Å². The van der Waals surface area contributed by atoms with Crippen LogP contribution in [0, 0.1) is 0 Å². The van der Waals surface area contributed by atoms with Gasteiger partial charge in [0.25, 0.3) is 5.91 Å². The second-order valence-electron chi connectivity index (χ2n) is 5.63. The number of carbonyl (C=O) groups is 1. The van der Waals surface area contributed by atoms with Crippen molar-refractivity contribution in [2.24, 2.45) is 0 Å². The number of halogens is 1. The lowest BCUT2D eigenvalue weighted by molar-refractivity contribution is 0.0926. The molecule has 2 aromatic rings. The number of fused-ring (bicyclic) bond motifs is 3. The first-order valence-corrected chi connectivity index (χ1v) is 7.27. The lowest BCUT2D eigenvalue weighted by atomic mass is 9.95. The summed E-state index contributed by atoms with van der Waals surface area (Å²) in [5, 5.41) is 7.24. The lowest BCUT2D eigenvalue weighted by Gasteiger charge is -2.21. The summed E-state index contributed by atoms with van der Waals surface area (Å²) in [7, 11) is 0. The Morgan fingerprint density at radius 1 is 1.45 bits per heavy atom. The summed E-state index contributed by atoms with van der Waals surface area (Å²) in [4.78, 5) is 16.5. The normalized spacial score (nSPS) is 28.1. The van der Waals surface area contributed by atoms with Gasteiger partial charge in [-0.25, -0.2) is 4.98 Å². The van der Waals surface area contributed by atoms with E-state index in [4.69, 9.17) is 11.6 Å². The van der Waals surface area contributed by atoms with Gasteiger partial charge in [0.15, 0.2) is 0 Å². The van der Waals surface area contributed by atoms with Crippen LogP contribution in [0.25, 0.3) is 5.52 Å². The SMILES string of the molecule is O=C(N[C@@H]1C[C@H]2CC[C@@H]1N2)c1cc2cc(Cl)cn2cn1. The van der Waals surface area contributed by atoms with Gasteiger partial charge >= 0.3 is 0 Å². The lowest BCUT2D eigenvalue weighted by Crippen LogP contribution is -2.43. The molecule has 6 heteroatoms. The van der Waals surface area contributed by atoms with Crippen LogP contribution in [0.15, 0.2) is 24.7 Å². The Bertz CT molecular complexity index is 683. The van der Waals surface area contributed by atoms with Crippen molar-refractivity contribution in [3.05, 3.63) is 35.4 Å². The number of hydrogen-bond acceptors (Lipinski definition) is 3. The van der Waals surface area contributed by atoms with Crippen LogP contribution < -0.4 is 10.6 Å². The molecule has 5 nitrogen and oxygen atoms in total. The quantitative estimate of drug-likeness (QED) is 0.883. The zero-order valence-corrected chi connectivity index (χ0v) is 11.6. The molecule has 2 bridgehead atoms. The van der Waals surface area contributed by atoms with Crippen LogP contribution in [-0.2, 0) is 0 Å². The van der Waals surface area contributed by atoms with Gasteiger partial charge in [0.2, 0.25) is 0 Å². The first-order valence-electron chi connectivity index (χ1n) is 6.89. The number of rotatable bonds is 2. The largest absolute Gasteiger partial charge is 0.346 e. The molecule has 2 aliphatic heterocycles. The molecule has 1 amide bonds. The molecule has 3 atom stereocenters. The molecule has 4 heterocycles. The molecule has 2 fully saturated rings. The number of aromatic nitrogens is 2. The first-order chi connectivity index (χ1) is 9.69. The van der Waals surface area contributed by atoms with Gasteiger partial charge in [0.1, 0.15) is 12.0 Å². The smallest absolute Gasteiger partial charge is 0.270 e. The van der Waals surface area contributed by atoms with Crippen molar-refractivity contribution in [2.75, 3.05) is 0 Å². The Labute approximate surface area is 121 Å². The van der Waals surface area contributed by atoms with Crippen molar-refractivity contribution in [1.29, 1.82) is 0 Å². The van der Waals surface area contributed by atoms with Crippen LogP contribution in [0.3, 0.4) is 0 Å². The molecule has 20 heavy (non-hydrogen) atoms. The van der Waals surface area contributed by atoms with Crippen molar-refractivity contribution in [2.45, 2.75) is 37.4 Å². The third-order valence-electron chi connectivity index (χ3n) is 4.30. The number of amides is 1. The third-order valence-corrected chi connectivity index (χ3v) is 4.51. The fraction of sp³-hybridized carbons (Fsp3) is 0.429. The van der Waals surface area contributed by atoms with Crippen molar-refractivity contribution in [3.8, 4) is 0 Å². The molecular weight excluding hydrogens is 276 g/mol. The van der Waals surface area contributed by atoms with E-state index in [0.717, 1.165) is 18.4 Å². The predicted octanol–water partition coefficient (Wildman–Crippen LogP) is 1.61. The van der Waals surface area contributed by atoms with E-state index in [0.29, 0.717) is 22.8 Å². The highest BCUT2D eigenvalue weighted by Crippen LogP contribution is 2.28. The van der Waals surface area contributed by atoms with Crippen LogP contribution in [0.5, 0.6) is 0 Å². The molecule has 2 saturated heterocycles. The fourth-order valence-corrected chi connectivity index (χ4v) is 3.55. The maximum Gasteiger partial charge on any atom is 0.270 e. The van der Waals surface area contributed by atoms with Crippen LogP contribution in [0.2, 0.25) is 5.02 Å². The highest BCUT2D eigenvalue weighted by molar-refractivity contribution is 6.31. The summed E-state index contributed by atoms with van der Waals surface area (Å²) >= 11 is 5.94. The molecule has 104 valence electrons. The molecule has 0 aromatic carbocycles. The molecular formula is C14H15ClN4O. The molecule has 0 saturated carbocycles. The summed E-state index contributed by atoms with van der Waals surface area (Å²) in [6.45, 7) is 0. The van der Waals surface area contributed by atoms with Crippen molar-refractivity contribution >= 4 is 23.0 Å². The minimum atomic E-state index is -0.107. The van der Waals surface area contributed by atoms with Gasteiger partial charge in [-0.05, 0) is 31.4 Å². The Balaban J connectivity index is 1.54. The monoisotopic (exact) mass is 290 g/mol. The van der Waals surface area contributed by atoms with Crippen molar-refractivity contribution < 1.29 is 4.79 Å². The minimum absolute atomic E-state index is 0.107. The second-order valence-corrected chi connectivity index (χ2v) is 6.06. The van der Waals surface area contributed by atoms with E-state index < -0.39 is 0 Å². The van der Waals surface area contributed by atoms with Gasteiger partial charge in [0, 0.05) is 24.3 Å². The van der Waals surface area contributed by atoms with E-state index in [-0.39, 0.29) is 11.9 Å². The molecule has 2 aromatic heterocycles. The maximum absolute atomic E-state index is 12.3. The van der Waals surface area contributed by atoms with Gasteiger partial charge in [-0.2, -0.15) is 0 Å². The zero-order chi connectivity index (χ0) is 13.7. The van der Waals surface area contributed by atoms with E-state index >= 15 is 0 Å². The Kier molecular flexibility index (Phi) is 2.72. The summed E-state index contributed by atoms with van der Waals surface area (Å²) < 4.78 is 1.80. The van der Waals surface area contributed by atoms with E-state index in [1.165, 1.54) is 6.42 Å². The van der Waals surface area contributed by atoms with Crippen molar-refractivity contribution in [1.82, 2.24) is 20.0 Å². The maximum atomic E-state index is 12.3. The van der Waals surface area contributed by atoms with E-state index in [2.05, 4.69) is 15.6 Å². The molecule has 0 spiro atoms. The summed E-state index contributed by atoms with van der Waals surface area (Å²) in [5.41, 5.74) is 1.32. The van der Waals surface area contributed by atoms with Crippen LogP contribution in [0.1, 0.15) is 29.8 Å². The Morgan fingerprint density at radius 3 is 3.10 bits per heavy atom. The Hall–Kier alpha value is -1.59. The number of nitrogens with one attached hydrogen (secondary N) is 2. The number of carbonyl (C=O) groups excluding carboxylic acids is 1. The molecule has 2 aliphatic rings. The minimum Gasteiger partial charge on any atom is -0.346 e. The molecule has 0 aliphatic carbocycles. The zero-order valence-electron chi connectivity index (χ0n) is 10.8. The van der Waals surface area contributed by atoms with Crippen LogP contribution in [0.4, 0.5) is 0 Å².